The number of aryl methyl sites for hydroxylation is 1. The Morgan fingerprint density at radius 3 is 2.39 bits per heavy atom. The molecule has 2 aromatic rings. The third-order valence-electron chi connectivity index (χ3n) is 6.43. The van der Waals surface area contributed by atoms with E-state index in [2.05, 4.69) is 15.5 Å². The highest BCUT2D eigenvalue weighted by atomic mass is 16.3. The largest absolute Gasteiger partial charge is 0.390 e. The van der Waals surface area contributed by atoms with Crippen LogP contribution in [0.5, 0.6) is 0 Å². The maximum Gasteiger partial charge on any atom is 0.178 e. The van der Waals surface area contributed by atoms with Crippen LogP contribution in [0, 0.1) is 25.2 Å². The molecular formula is C23H27N3O2. The van der Waals surface area contributed by atoms with Gasteiger partial charge in [0.1, 0.15) is 0 Å². The van der Waals surface area contributed by atoms with Gasteiger partial charge in [0.2, 0.25) is 0 Å². The molecule has 0 aliphatic carbocycles. The lowest BCUT2D eigenvalue weighted by molar-refractivity contribution is -0.0360. The number of fused-ring (bicyclic) bond motifs is 2. The summed E-state index contributed by atoms with van der Waals surface area (Å²) in [5.41, 5.74) is 3.69. The van der Waals surface area contributed by atoms with E-state index in [-0.39, 0.29) is 5.78 Å². The lowest BCUT2D eigenvalue weighted by atomic mass is 9.87. The Labute approximate surface area is 166 Å². The Bertz CT molecular complexity index is 933. The van der Waals surface area contributed by atoms with Gasteiger partial charge in [-0.3, -0.25) is 9.69 Å². The van der Waals surface area contributed by atoms with Gasteiger partial charge < -0.3 is 9.67 Å². The molecule has 0 radical (unpaired) electrons. The zero-order chi connectivity index (χ0) is 20.1. The summed E-state index contributed by atoms with van der Waals surface area (Å²) in [6.45, 7) is 6.32. The summed E-state index contributed by atoms with van der Waals surface area (Å²) in [5, 5.41) is 19.4. The van der Waals surface area contributed by atoms with Gasteiger partial charge in [-0.25, -0.2) is 0 Å². The molecule has 3 heterocycles. The number of aliphatic hydroxyl groups is 1. The summed E-state index contributed by atoms with van der Waals surface area (Å²) in [6.07, 6.45) is 3.64. The highest BCUT2D eigenvalue weighted by Gasteiger charge is 2.45. The molecule has 0 amide bonds. The van der Waals surface area contributed by atoms with Crippen LogP contribution in [0.1, 0.15) is 59.9 Å². The first-order valence-electron chi connectivity index (χ1n) is 10.00. The van der Waals surface area contributed by atoms with Gasteiger partial charge in [-0.15, -0.1) is 0 Å². The molecule has 4 rings (SSSR count). The number of carbonyl (C=O) groups is 1. The number of hydrogen-bond donors (Lipinski definition) is 1. The van der Waals surface area contributed by atoms with E-state index in [9.17, 15) is 9.90 Å². The van der Waals surface area contributed by atoms with Gasteiger partial charge >= 0.3 is 0 Å². The standard InChI is InChI=1S/C23H27N3O2/c1-15-10-21(16(2)26(15)18-6-4-17(13-24)5-7-18)22(27)14-25-19-8-9-20(25)12-23(3,28)11-19/h4-7,10,19-20,28H,8-9,11-12,14H2,1-3H3/t19-,20-/m1/s1. The lowest BCUT2D eigenvalue weighted by Crippen LogP contribution is -2.51. The molecule has 2 aliphatic rings. The molecule has 2 bridgehead atoms. The normalized spacial score (nSPS) is 27.0. The van der Waals surface area contributed by atoms with Crippen LogP contribution in [0.25, 0.3) is 5.69 Å². The van der Waals surface area contributed by atoms with Crippen molar-refractivity contribution in [3.8, 4) is 11.8 Å². The van der Waals surface area contributed by atoms with Crippen LogP contribution >= 0.6 is 0 Å². The topological polar surface area (TPSA) is 69.3 Å². The SMILES string of the molecule is Cc1cc(C(=O)CN2[C@@H]3CC[C@@H]2CC(C)(O)C3)c(C)n1-c1ccc(C#N)cc1. The fourth-order valence-corrected chi connectivity index (χ4v) is 5.19. The van der Waals surface area contributed by atoms with E-state index in [0.29, 0.717) is 24.2 Å². The van der Waals surface area contributed by atoms with Crippen molar-refractivity contribution in [1.29, 1.82) is 5.26 Å². The molecule has 1 aromatic carbocycles. The van der Waals surface area contributed by atoms with Gasteiger partial charge in [0.15, 0.2) is 5.78 Å². The van der Waals surface area contributed by atoms with Crippen LogP contribution in [0.3, 0.4) is 0 Å². The Morgan fingerprint density at radius 1 is 1.21 bits per heavy atom. The zero-order valence-electron chi connectivity index (χ0n) is 16.8. The first-order valence-corrected chi connectivity index (χ1v) is 10.00. The van der Waals surface area contributed by atoms with E-state index in [1.54, 1.807) is 12.1 Å². The summed E-state index contributed by atoms with van der Waals surface area (Å²) >= 11 is 0. The van der Waals surface area contributed by atoms with Crippen LogP contribution in [0.15, 0.2) is 30.3 Å². The number of ketones is 1. The first-order chi connectivity index (χ1) is 13.3. The molecule has 2 fully saturated rings. The highest BCUT2D eigenvalue weighted by molar-refractivity contribution is 5.99. The Hall–Kier alpha value is -2.42. The monoisotopic (exact) mass is 377 g/mol. The predicted molar refractivity (Wildman–Crippen MR) is 108 cm³/mol. The van der Waals surface area contributed by atoms with Gasteiger partial charge in [-0.2, -0.15) is 5.26 Å². The lowest BCUT2D eigenvalue weighted by Gasteiger charge is -2.41. The third kappa shape index (κ3) is 3.28. The first kappa shape index (κ1) is 18.9. The van der Waals surface area contributed by atoms with Crippen molar-refractivity contribution >= 4 is 5.78 Å². The van der Waals surface area contributed by atoms with Gasteiger partial charge in [0.25, 0.3) is 0 Å². The summed E-state index contributed by atoms with van der Waals surface area (Å²) in [4.78, 5) is 15.5. The summed E-state index contributed by atoms with van der Waals surface area (Å²) in [6, 6.07) is 12.1. The second kappa shape index (κ2) is 6.88. The number of carbonyl (C=O) groups excluding carboxylic acids is 1. The van der Waals surface area contributed by atoms with Crippen molar-refractivity contribution in [2.75, 3.05) is 6.54 Å². The molecule has 5 nitrogen and oxygen atoms in total. The molecule has 0 unspecified atom stereocenters. The van der Waals surface area contributed by atoms with Crippen LogP contribution < -0.4 is 0 Å². The van der Waals surface area contributed by atoms with Crippen molar-refractivity contribution in [3.05, 3.63) is 52.8 Å². The minimum atomic E-state index is -0.600. The molecular weight excluding hydrogens is 350 g/mol. The number of aromatic nitrogens is 1. The van der Waals surface area contributed by atoms with Crippen molar-refractivity contribution in [1.82, 2.24) is 9.47 Å². The molecule has 2 atom stereocenters. The molecule has 1 aromatic heterocycles. The quantitative estimate of drug-likeness (QED) is 0.828. The fourth-order valence-electron chi connectivity index (χ4n) is 5.19. The van der Waals surface area contributed by atoms with Gasteiger partial charge in [0.05, 0.1) is 23.8 Å². The van der Waals surface area contributed by atoms with Crippen LogP contribution in [-0.4, -0.2) is 44.6 Å². The van der Waals surface area contributed by atoms with Crippen molar-refractivity contribution < 1.29 is 9.90 Å². The summed E-state index contributed by atoms with van der Waals surface area (Å²) < 4.78 is 2.07. The predicted octanol–water partition coefficient (Wildman–Crippen LogP) is 3.53. The van der Waals surface area contributed by atoms with Crippen LogP contribution in [-0.2, 0) is 0 Å². The average Bonchev–Trinajstić information content (AvgIpc) is 3.08. The van der Waals surface area contributed by atoms with Crippen molar-refractivity contribution in [3.63, 3.8) is 0 Å². The number of nitrogens with zero attached hydrogens (tertiary/aromatic N) is 3. The zero-order valence-corrected chi connectivity index (χ0v) is 16.8. The van der Waals surface area contributed by atoms with E-state index >= 15 is 0 Å². The van der Waals surface area contributed by atoms with Gasteiger partial charge in [0, 0.05) is 34.7 Å². The molecule has 28 heavy (non-hydrogen) atoms. The second-order valence-corrected chi connectivity index (χ2v) is 8.66. The average molecular weight is 377 g/mol. The number of rotatable bonds is 4. The fraction of sp³-hybridized carbons (Fsp3) is 0.478. The maximum absolute atomic E-state index is 13.2. The number of piperidine rings is 1. The molecule has 1 N–H and O–H groups in total. The number of Topliss-reactive ketones (excluding diaryl/α,β-unsaturated/α-hetero) is 1. The smallest absolute Gasteiger partial charge is 0.178 e. The third-order valence-corrected chi connectivity index (χ3v) is 6.43. The molecule has 0 spiro atoms. The van der Waals surface area contributed by atoms with Crippen molar-refractivity contribution in [2.45, 2.75) is 64.1 Å². The molecule has 2 saturated heterocycles. The van der Waals surface area contributed by atoms with Crippen LogP contribution in [0.2, 0.25) is 0 Å². The van der Waals surface area contributed by atoms with E-state index < -0.39 is 5.60 Å². The van der Waals surface area contributed by atoms with E-state index in [4.69, 9.17) is 5.26 Å². The van der Waals surface area contributed by atoms with E-state index in [0.717, 1.165) is 48.3 Å². The Balaban J connectivity index is 1.57. The second-order valence-electron chi connectivity index (χ2n) is 8.66. The molecule has 146 valence electrons. The maximum atomic E-state index is 13.2. The van der Waals surface area contributed by atoms with E-state index in [1.165, 1.54) is 0 Å². The summed E-state index contributed by atoms with van der Waals surface area (Å²) in [5.74, 6) is 0.145. The van der Waals surface area contributed by atoms with Gasteiger partial charge in [-0.1, -0.05) is 0 Å². The highest BCUT2D eigenvalue weighted by Crippen LogP contribution is 2.40. The van der Waals surface area contributed by atoms with Crippen molar-refractivity contribution in [2.24, 2.45) is 0 Å². The Morgan fingerprint density at radius 2 is 1.82 bits per heavy atom. The molecule has 5 heteroatoms. The molecule has 0 saturated carbocycles. The Kier molecular flexibility index (Phi) is 4.65. The number of benzene rings is 1. The van der Waals surface area contributed by atoms with Crippen LogP contribution in [0.4, 0.5) is 0 Å². The molecule has 2 aliphatic heterocycles. The number of hydrogen-bond acceptors (Lipinski definition) is 4. The van der Waals surface area contributed by atoms with Gasteiger partial charge in [-0.05, 0) is 76.8 Å². The summed E-state index contributed by atoms with van der Waals surface area (Å²) in [7, 11) is 0. The minimum absolute atomic E-state index is 0.145. The minimum Gasteiger partial charge on any atom is -0.390 e. The number of nitriles is 1. The van der Waals surface area contributed by atoms with E-state index in [1.807, 2.05) is 39.0 Å².